The van der Waals surface area contributed by atoms with Gasteiger partial charge in [-0.1, -0.05) is 19.9 Å². The van der Waals surface area contributed by atoms with Gasteiger partial charge in [0.05, 0.1) is 13.2 Å². The van der Waals surface area contributed by atoms with E-state index in [-0.39, 0.29) is 11.2 Å². The van der Waals surface area contributed by atoms with Crippen LogP contribution in [-0.2, 0) is 14.3 Å². The molecule has 0 bridgehead atoms. The molecular weight excluding hydrogens is 204 g/mol. The monoisotopic (exact) mass is 226 g/mol. The number of ether oxygens (including phenoxy) is 2. The van der Waals surface area contributed by atoms with Crippen LogP contribution in [0, 0.1) is 5.41 Å². The summed E-state index contributed by atoms with van der Waals surface area (Å²) >= 11 is 0. The number of hydrogen-bond donors (Lipinski definition) is 0. The molecular formula is C13H22O3. The minimum absolute atomic E-state index is 0.243. The van der Waals surface area contributed by atoms with Crippen LogP contribution in [0.1, 0.15) is 40.0 Å². The second-order valence-electron chi connectivity index (χ2n) is 5.13. The van der Waals surface area contributed by atoms with Crippen molar-refractivity contribution in [3.05, 3.63) is 12.7 Å². The van der Waals surface area contributed by atoms with E-state index in [1.165, 1.54) is 0 Å². The molecule has 0 aromatic heterocycles. The summed E-state index contributed by atoms with van der Waals surface area (Å²) in [5.74, 6) is -0.312. The number of hydrogen-bond acceptors (Lipinski definition) is 3. The normalized spacial score (nSPS) is 19.7. The molecule has 3 nitrogen and oxygen atoms in total. The van der Waals surface area contributed by atoms with Crippen LogP contribution in [0.5, 0.6) is 0 Å². The maximum absolute atomic E-state index is 12.0. The zero-order valence-electron chi connectivity index (χ0n) is 10.5. The molecule has 0 saturated carbocycles. The fourth-order valence-corrected chi connectivity index (χ4v) is 1.85. The van der Waals surface area contributed by atoms with Gasteiger partial charge in [-0.15, -0.1) is 6.58 Å². The molecule has 1 fully saturated rings. The smallest absolute Gasteiger partial charge is 0.166 e. The third-order valence-corrected chi connectivity index (χ3v) is 3.11. The van der Waals surface area contributed by atoms with Gasteiger partial charge in [-0.3, -0.25) is 4.79 Å². The fourth-order valence-electron chi connectivity index (χ4n) is 1.85. The van der Waals surface area contributed by atoms with Gasteiger partial charge in [0.25, 0.3) is 0 Å². The Hall–Kier alpha value is -0.670. The van der Waals surface area contributed by atoms with E-state index >= 15 is 0 Å². The summed E-state index contributed by atoms with van der Waals surface area (Å²) in [5, 5.41) is 0. The van der Waals surface area contributed by atoms with Crippen molar-refractivity contribution in [2.75, 3.05) is 13.2 Å². The summed E-state index contributed by atoms with van der Waals surface area (Å²) < 4.78 is 10.9. The minimum Gasteiger partial charge on any atom is -0.348 e. The second-order valence-corrected chi connectivity index (χ2v) is 5.13. The molecule has 1 aliphatic heterocycles. The van der Waals surface area contributed by atoms with Crippen molar-refractivity contribution in [2.45, 2.75) is 45.8 Å². The van der Waals surface area contributed by atoms with E-state index in [1.807, 2.05) is 20.8 Å². The van der Waals surface area contributed by atoms with Gasteiger partial charge in [-0.05, 0) is 13.3 Å². The van der Waals surface area contributed by atoms with E-state index in [2.05, 4.69) is 6.58 Å². The molecule has 1 aliphatic rings. The molecule has 1 rings (SSSR count). The summed E-state index contributed by atoms with van der Waals surface area (Å²) in [7, 11) is 0. The Morgan fingerprint density at radius 3 is 2.50 bits per heavy atom. The van der Waals surface area contributed by atoms with Gasteiger partial charge in [0.1, 0.15) is 5.78 Å². The number of carbonyl (C=O) groups is 1. The molecule has 1 heterocycles. The molecule has 0 N–H and O–H groups in total. The van der Waals surface area contributed by atoms with Crippen molar-refractivity contribution in [1.82, 2.24) is 0 Å². The van der Waals surface area contributed by atoms with Crippen LogP contribution in [-0.4, -0.2) is 24.8 Å². The molecule has 0 spiro atoms. The van der Waals surface area contributed by atoms with Crippen molar-refractivity contribution in [3.63, 3.8) is 0 Å². The summed E-state index contributed by atoms with van der Waals surface area (Å²) in [5.41, 5.74) is -0.323. The highest BCUT2D eigenvalue weighted by atomic mass is 16.7. The molecule has 16 heavy (non-hydrogen) atoms. The third kappa shape index (κ3) is 3.42. The lowest BCUT2D eigenvalue weighted by Gasteiger charge is -2.25. The zero-order chi connectivity index (χ0) is 12.2. The van der Waals surface area contributed by atoms with Gasteiger partial charge >= 0.3 is 0 Å². The van der Waals surface area contributed by atoms with E-state index in [0.717, 1.165) is 0 Å². The third-order valence-electron chi connectivity index (χ3n) is 3.11. The number of ketones is 1. The summed E-state index contributed by atoms with van der Waals surface area (Å²) in [6.45, 7) is 10.7. The average molecular weight is 226 g/mol. The quantitative estimate of drug-likeness (QED) is 0.653. The Kier molecular flexibility index (Phi) is 4.28. The Bertz CT molecular complexity index is 262. The molecule has 0 aromatic rings. The summed E-state index contributed by atoms with van der Waals surface area (Å²) in [6.07, 6.45) is 3.64. The summed E-state index contributed by atoms with van der Waals surface area (Å²) in [4.78, 5) is 12.0. The van der Waals surface area contributed by atoms with E-state index in [0.29, 0.717) is 32.5 Å². The minimum atomic E-state index is -0.556. The van der Waals surface area contributed by atoms with Crippen molar-refractivity contribution in [1.29, 1.82) is 0 Å². The van der Waals surface area contributed by atoms with E-state index < -0.39 is 5.79 Å². The Morgan fingerprint density at radius 1 is 1.44 bits per heavy atom. The maximum Gasteiger partial charge on any atom is 0.166 e. The number of Topliss-reactive ketones (excluding diaryl/α,β-unsaturated/α-hetero) is 1. The van der Waals surface area contributed by atoms with Crippen LogP contribution in [0.2, 0.25) is 0 Å². The zero-order valence-corrected chi connectivity index (χ0v) is 10.5. The Morgan fingerprint density at radius 2 is 2.00 bits per heavy atom. The highest BCUT2D eigenvalue weighted by molar-refractivity contribution is 5.84. The van der Waals surface area contributed by atoms with Gasteiger partial charge < -0.3 is 9.47 Å². The first-order chi connectivity index (χ1) is 7.40. The molecule has 1 saturated heterocycles. The molecule has 0 aliphatic carbocycles. The second kappa shape index (κ2) is 5.11. The highest BCUT2D eigenvalue weighted by Gasteiger charge is 2.33. The first-order valence-corrected chi connectivity index (χ1v) is 5.82. The topological polar surface area (TPSA) is 35.5 Å². The van der Waals surface area contributed by atoms with Crippen LogP contribution in [0.4, 0.5) is 0 Å². The van der Waals surface area contributed by atoms with E-state index in [1.54, 1.807) is 6.08 Å². The van der Waals surface area contributed by atoms with Gasteiger partial charge in [0.15, 0.2) is 5.79 Å². The van der Waals surface area contributed by atoms with Gasteiger partial charge in [-0.2, -0.15) is 0 Å². The maximum atomic E-state index is 12.0. The fraction of sp³-hybridized carbons (Fsp3) is 0.769. The Balaban J connectivity index is 2.42. The molecule has 92 valence electrons. The van der Waals surface area contributed by atoms with Gasteiger partial charge in [0, 0.05) is 18.3 Å². The highest BCUT2D eigenvalue weighted by Crippen LogP contribution is 2.29. The van der Waals surface area contributed by atoms with Crippen LogP contribution < -0.4 is 0 Å². The lowest BCUT2D eigenvalue weighted by Crippen LogP contribution is -2.30. The average Bonchev–Trinajstić information content (AvgIpc) is 2.62. The number of carbonyl (C=O) groups excluding carboxylic acids is 1. The lowest BCUT2D eigenvalue weighted by molar-refractivity contribution is -0.153. The first kappa shape index (κ1) is 13.4. The van der Waals surface area contributed by atoms with Crippen molar-refractivity contribution >= 4 is 5.78 Å². The van der Waals surface area contributed by atoms with Crippen LogP contribution >= 0.6 is 0 Å². The largest absolute Gasteiger partial charge is 0.348 e. The molecule has 0 aromatic carbocycles. The van der Waals surface area contributed by atoms with Crippen LogP contribution in [0.25, 0.3) is 0 Å². The van der Waals surface area contributed by atoms with Gasteiger partial charge in [0.2, 0.25) is 0 Å². The van der Waals surface area contributed by atoms with Crippen molar-refractivity contribution in [2.24, 2.45) is 5.41 Å². The number of rotatable bonds is 6. The standard InChI is InChI=1S/C13H22O3/c1-5-7-12(2,3)11(14)6-8-13(4)15-9-10-16-13/h5H,1,6-10H2,2-4H3. The summed E-state index contributed by atoms with van der Waals surface area (Å²) in [6, 6.07) is 0. The Labute approximate surface area is 97.8 Å². The van der Waals surface area contributed by atoms with Crippen LogP contribution in [0.15, 0.2) is 12.7 Å². The first-order valence-electron chi connectivity index (χ1n) is 5.82. The molecule has 3 heteroatoms. The molecule has 0 atom stereocenters. The van der Waals surface area contributed by atoms with E-state index in [4.69, 9.17) is 9.47 Å². The predicted octanol–water partition coefficient (Wildman–Crippen LogP) is 2.70. The lowest BCUT2D eigenvalue weighted by atomic mass is 9.82. The van der Waals surface area contributed by atoms with Gasteiger partial charge in [-0.25, -0.2) is 0 Å². The van der Waals surface area contributed by atoms with Crippen LogP contribution in [0.3, 0.4) is 0 Å². The molecule has 0 amide bonds. The van der Waals surface area contributed by atoms with Crippen molar-refractivity contribution < 1.29 is 14.3 Å². The SMILES string of the molecule is C=CCC(C)(C)C(=O)CCC1(C)OCCO1. The number of allylic oxidation sites excluding steroid dienone is 1. The molecule has 0 unspecified atom stereocenters. The van der Waals surface area contributed by atoms with Crippen molar-refractivity contribution in [3.8, 4) is 0 Å². The predicted molar refractivity (Wildman–Crippen MR) is 63.1 cm³/mol. The molecule has 0 radical (unpaired) electrons. The van der Waals surface area contributed by atoms with E-state index in [9.17, 15) is 4.79 Å².